The highest BCUT2D eigenvalue weighted by atomic mass is 35.5. The van der Waals surface area contributed by atoms with Crippen LogP contribution in [0.3, 0.4) is 0 Å². The van der Waals surface area contributed by atoms with E-state index in [1.165, 1.54) is 22.7 Å². The van der Waals surface area contributed by atoms with Crippen LogP contribution in [0, 0.1) is 16.0 Å². The number of hydrogen-bond acceptors (Lipinski definition) is 5. The first-order valence-corrected chi connectivity index (χ1v) is 9.58. The highest BCUT2D eigenvalue weighted by Gasteiger charge is 2.25. The Bertz CT molecular complexity index is 745. The smallest absolute Gasteiger partial charge is 0.270 e. The highest BCUT2D eigenvalue weighted by Crippen LogP contribution is 2.23. The van der Waals surface area contributed by atoms with Gasteiger partial charge in [0, 0.05) is 31.8 Å². The molecule has 0 saturated carbocycles. The second-order valence-electron chi connectivity index (χ2n) is 5.74. The van der Waals surface area contributed by atoms with Crippen LogP contribution in [0.25, 0.3) is 0 Å². The number of piperidine rings is 1. The Kier molecular flexibility index (Phi) is 5.79. The minimum absolute atomic E-state index is 0.0550. The molecule has 0 unspecified atom stereocenters. The largest absolute Gasteiger partial charge is 0.352 e. The molecular weight excluding hydrogens is 358 g/mol. The van der Waals surface area contributed by atoms with Crippen molar-refractivity contribution in [2.24, 2.45) is 5.92 Å². The van der Waals surface area contributed by atoms with Crippen LogP contribution in [0.15, 0.2) is 18.2 Å². The second kappa shape index (κ2) is 7.45. The molecule has 1 amide bonds. The van der Waals surface area contributed by atoms with Crippen molar-refractivity contribution in [3.63, 3.8) is 0 Å². The molecule has 1 aliphatic heterocycles. The third-order valence-corrected chi connectivity index (χ3v) is 5.63. The summed E-state index contributed by atoms with van der Waals surface area (Å²) in [4.78, 5) is 22.4. The molecule has 1 aromatic rings. The molecule has 10 heteroatoms. The number of non-ortho nitro benzene ring substituents is 1. The summed E-state index contributed by atoms with van der Waals surface area (Å²) in [5.74, 6) is -0.321. The Morgan fingerprint density at radius 3 is 2.58 bits per heavy atom. The van der Waals surface area contributed by atoms with Gasteiger partial charge in [-0.25, -0.2) is 12.7 Å². The Labute approximate surface area is 145 Å². The average molecular weight is 376 g/mol. The number of carbonyl (C=O) groups is 1. The quantitative estimate of drug-likeness (QED) is 0.621. The van der Waals surface area contributed by atoms with E-state index in [4.69, 9.17) is 11.6 Å². The Hall–Kier alpha value is -1.71. The number of rotatable bonds is 5. The zero-order valence-electron chi connectivity index (χ0n) is 13.1. The van der Waals surface area contributed by atoms with E-state index in [-0.39, 0.29) is 22.2 Å². The van der Waals surface area contributed by atoms with Gasteiger partial charge in [-0.1, -0.05) is 11.6 Å². The zero-order valence-corrected chi connectivity index (χ0v) is 14.6. The Morgan fingerprint density at radius 2 is 2.04 bits per heavy atom. The lowest BCUT2D eigenvalue weighted by molar-refractivity contribution is -0.384. The third-order valence-electron chi connectivity index (χ3n) is 4.00. The van der Waals surface area contributed by atoms with Crippen LogP contribution in [0.4, 0.5) is 5.69 Å². The number of nitro benzene ring substituents is 1. The summed E-state index contributed by atoms with van der Waals surface area (Å²) < 4.78 is 24.3. The van der Waals surface area contributed by atoms with E-state index in [0.29, 0.717) is 32.5 Å². The standard InChI is InChI=1S/C14H18ClN3O5S/c1-24(22,23)17-6-4-10(5-7-17)9-16-14(19)12-8-11(18(20)21)2-3-13(12)15/h2-3,8,10H,4-7,9H2,1H3,(H,16,19). The van der Waals surface area contributed by atoms with Gasteiger partial charge in [-0.2, -0.15) is 0 Å². The van der Waals surface area contributed by atoms with E-state index < -0.39 is 20.9 Å². The van der Waals surface area contributed by atoms with E-state index in [9.17, 15) is 23.3 Å². The van der Waals surface area contributed by atoms with Crippen molar-refractivity contribution >= 4 is 33.2 Å². The number of sulfonamides is 1. The zero-order chi connectivity index (χ0) is 17.9. The van der Waals surface area contributed by atoms with Crippen LogP contribution in [-0.2, 0) is 10.0 Å². The molecule has 24 heavy (non-hydrogen) atoms. The molecule has 0 bridgehead atoms. The van der Waals surface area contributed by atoms with Crippen LogP contribution in [0.2, 0.25) is 5.02 Å². The molecular formula is C14H18ClN3O5S. The van der Waals surface area contributed by atoms with Crippen molar-refractivity contribution in [3.05, 3.63) is 38.9 Å². The molecule has 8 nitrogen and oxygen atoms in total. The summed E-state index contributed by atoms with van der Waals surface area (Å²) in [7, 11) is -3.18. The van der Waals surface area contributed by atoms with Crippen molar-refractivity contribution in [1.29, 1.82) is 0 Å². The number of amides is 1. The van der Waals surface area contributed by atoms with Crippen molar-refractivity contribution in [1.82, 2.24) is 9.62 Å². The van der Waals surface area contributed by atoms with Crippen LogP contribution in [0.5, 0.6) is 0 Å². The molecule has 0 spiro atoms. The first kappa shape index (κ1) is 18.6. The van der Waals surface area contributed by atoms with Crippen LogP contribution < -0.4 is 5.32 Å². The van der Waals surface area contributed by atoms with Gasteiger partial charge in [0.2, 0.25) is 10.0 Å². The Morgan fingerprint density at radius 1 is 1.42 bits per heavy atom. The van der Waals surface area contributed by atoms with E-state index in [1.54, 1.807) is 0 Å². The lowest BCUT2D eigenvalue weighted by Gasteiger charge is -2.30. The third kappa shape index (κ3) is 4.65. The van der Waals surface area contributed by atoms with Crippen molar-refractivity contribution in [2.75, 3.05) is 25.9 Å². The number of nitrogens with one attached hydrogen (secondary N) is 1. The van der Waals surface area contributed by atoms with Gasteiger partial charge in [0.25, 0.3) is 11.6 Å². The normalized spacial score (nSPS) is 16.8. The second-order valence-corrected chi connectivity index (χ2v) is 8.13. The summed E-state index contributed by atoms with van der Waals surface area (Å²) in [5.41, 5.74) is -0.148. The lowest BCUT2D eigenvalue weighted by atomic mass is 9.98. The molecule has 1 aromatic carbocycles. The molecule has 0 aliphatic carbocycles. The summed E-state index contributed by atoms with van der Waals surface area (Å²) in [6, 6.07) is 3.70. The summed E-state index contributed by atoms with van der Waals surface area (Å²) in [6.07, 6.45) is 2.48. The molecule has 1 fully saturated rings. The molecule has 2 rings (SSSR count). The molecule has 0 aromatic heterocycles. The number of nitrogens with zero attached hydrogens (tertiary/aromatic N) is 2. The van der Waals surface area contributed by atoms with Gasteiger partial charge in [0.15, 0.2) is 0 Å². The van der Waals surface area contributed by atoms with Crippen LogP contribution in [-0.4, -0.2) is 49.4 Å². The first-order chi connectivity index (χ1) is 11.2. The Balaban J connectivity index is 1.93. The SMILES string of the molecule is CS(=O)(=O)N1CCC(CNC(=O)c2cc([N+](=O)[O-])ccc2Cl)CC1. The maximum atomic E-state index is 12.2. The van der Waals surface area contributed by atoms with Crippen molar-refractivity contribution in [3.8, 4) is 0 Å². The van der Waals surface area contributed by atoms with Crippen molar-refractivity contribution < 1.29 is 18.1 Å². The number of hydrogen-bond donors (Lipinski definition) is 1. The fourth-order valence-electron chi connectivity index (χ4n) is 2.58. The summed E-state index contributed by atoms with van der Waals surface area (Å²) in [6.45, 7) is 1.23. The predicted molar refractivity (Wildman–Crippen MR) is 89.6 cm³/mol. The first-order valence-electron chi connectivity index (χ1n) is 7.35. The van der Waals surface area contributed by atoms with Gasteiger partial charge >= 0.3 is 0 Å². The van der Waals surface area contributed by atoms with Gasteiger partial charge in [0.05, 0.1) is 21.8 Å². The molecule has 132 valence electrons. The minimum atomic E-state index is -3.18. The van der Waals surface area contributed by atoms with Crippen LogP contribution >= 0.6 is 11.6 Å². The number of nitro groups is 1. The fraction of sp³-hybridized carbons (Fsp3) is 0.500. The van der Waals surface area contributed by atoms with Gasteiger partial charge in [0.1, 0.15) is 0 Å². The number of carbonyl (C=O) groups excluding carboxylic acids is 1. The lowest BCUT2D eigenvalue weighted by Crippen LogP contribution is -2.41. The maximum absolute atomic E-state index is 12.2. The van der Waals surface area contributed by atoms with E-state index in [1.807, 2.05) is 0 Å². The molecule has 0 radical (unpaired) electrons. The summed E-state index contributed by atoms with van der Waals surface area (Å²) >= 11 is 5.93. The van der Waals surface area contributed by atoms with Crippen molar-refractivity contribution in [2.45, 2.75) is 12.8 Å². The average Bonchev–Trinajstić information content (AvgIpc) is 2.52. The predicted octanol–water partition coefficient (Wildman–Crippen LogP) is 1.65. The molecule has 1 N–H and O–H groups in total. The molecule has 0 atom stereocenters. The van der Waals surface area contributed by atoms with E-state index in [0.717, 1.165) is 6.07 Å². The maximum Gasteiger partial charge on any atom is 0.270 e. The molecule has 1 aliphatic rings. The van der Waals surface area contributed by atoms with Gasteiger partial charge in [-0.3, -0.25) is 14.9 Å². The summed E-state index contributed by atoms with van der Waals surface area (Å²) in [5, 5.41) is 13.6. The number of benzene rings is 1. The monoisotopic (exact) mass is 375 g/mol. The fourth-order valence-corrected chi connectivity index (χ4v) is 3.66. The van der Waals surface area contributed by atoms with Crippen LogP contribution in [0.1, 0.15) is 23.2 Å². The van der Waals surface area contributed by atoms with Gasteiger partial charge < -0.3 is 5.32 Å². The number of halogens is 1. The van der Waals surface area contributed by atoms with E-state index >= 15 is 0 Å². The molecule has 1 heterocycles. The van der Waals surface area contributed by atoms with Gasteiger partial charge in [-0.15, -0.1) is 0 Å². The molecule has 1 saturated heterocycles. The highest BCUT2D eigenvalue weighted by molar-refractivity contribution is 7.88. The topological polar surface area (TPSA) is 110 Å². The minimum Gasteiger partial charge on any atom is -0.352 e. The van der Waals surface area contributed by atoms with Gasteiger partial charge in [-0.05, 0) is 24.8 Å². The van der Waals surface area contributed by atoms with E-state index in [2.05, 4.69) is 5.32 Å².